The molecular weight excluding hydrogens is 379 g/mol. The molecule has 2 aliphatic rings. The number of nitrogens with zero attached hydrogens (tertiary/aromatic N) is 2. The Hall–Kier alpha value is -2.49. The maximum Gasteiger partial charge on any atom is 0.269 e. The Balaban J connectivity index is 1.52. The smallest absolute Gasteiger partial charge is 0.269 e. The fourth-order valence-corrected chi connectivity index (χ4v) is 4.24. The van der Waals surface area contributed by atoms with E-state index in [4.69, 9.17) is 4.74 Å². The van der Waals surface area contributed by atoms with Crippen molar-refractivity contribution in [2.75, 3.05) is 13.1 Å². The molecule has 4 rings (SSSR count). The standard InChI is InChI=1S/C20H25FN4O4/c21-12-2-1-3-14(8-12)29-17-9-15(24-20(28)16-10-22-11-23-16)18(19(17)27)25-6-4-13(26)5-7-25/h1-3,8,10-11,13,15,17-19,26-27H,4-7,9H2,(H,22,23)(H,24,28)/t15-,17-,18+,19+/m1/s1. The van der Waals surface area contributed by atoms with Gasteiger partial charge in [0.25, 0.3) is 5.91 Å². The van der Waals surface area contributed by atoms with Crippen molar-refractivity contribution in [3.05, 3.63) is 48.3 Å². The molecule has 8 nitrogen and oxygen atoms in total. The third-order valence-corrected chi connectivity index (χ3v) is 5.69. The van der Waals surface area contributed by atoms with Gasteiger partial charge in [-0.25, -0.2) is 9.37 Å². The Morgan fingerprint density at radius 1 is 1.31 bits per heavy atom. The van der Waals surface area contributed by atoms with E-state index in [-0.39, 0.29) is 24.1 Å². The summed E-state index contributed by atoms with van der Waals surface area (Å²) in [7, 11) is 0. The number of aromatic amines is 1. The number of piperidine rings is 1. The zero-order valence-corrected chi connectivity index (χ0v) is 15.9. The van der Waals surface area contributed by atoms with Crippen LogP contribution in [0.25, 0.3) is 0 Å². The van der Waals surface area contributed by atoms with Gasteiger partial charge in [0, 0.05) is 25.6 Å². The zero-order valence-electron chi connectivity index (χ0n) is 15.9. The molecule has 0 radical (unpaired) electrons. The second-order valence-corrected chi connectivity index (χ2v) is 7.64. The zero-order chi connectivity index (χ0) is 20.4. The summed E-state index contributed by atoms with van der Waals surface area (Å²) in [5.74, 6) is -0.392. The number of carbonyl (C=O) groups is 1. The van der Waals surface area contributed by atoms with Crippen LogP contribution in [0.1, 0.15) is 29.8 Å². The summed E-state index contributed by atoms with van der Waals surface area (Å²) in [4.78, 5) is 21.3. The van der Waals surface area contributed by atoms with Gasteiger partial charge in [-0.15, -0.1) is 0 Å². The first-order valence-electron chi connectivity index (χ1n) is 9.83. The molecule has 0 bridgehead atoms. The summed E-state index contributed by atoms with van der Waals surface area (Å²) in [5.41, 5.74) is 0.335. The molecular formula is C20H25FN4O4. The van der Waals surface area contributed by atoms with E-state index in [1.165, 1.54) is 24.7 Å². The number of amides is 1. The predicted molar refractivity (Wildman–Crippen MR) is 102 cm³/mol. The summed E-state index contributed by atoms with van der Waals surface area (Å²) in [6.07, 6.45) is 2.65. The van der Waals surface area contributed by atoms with Crippen LogP contribution in [-0.2, 0) is 0 Å². The lowest BCUT2D eigenvalue weighted by Gasteiger charge is -2.38. The molecule has 0 spiro atoms. The lowest BCUT2D eigenvalue weighted by Crippen LogP contribution is -2.55. The van der Waals surface area contributed by atoms with Crippen LogP contribution in [0.2, 0.25) is 0 Å². The van der Waals surface area contributed by atoms with Gasteiger partial charge in [-0.1, -0.05) is 6.07 Å². The highest BCUT2D eigenvalue weighted by Crippen LogP contribution is 2.31. The van der Waals surface area contributed by atoms with Crippen molar-refractivity contribution in [3.8, 4) is 5.75 Å². The monoisotopic (exact) mass is 404 g/mol. The van der Waals surface area contributed by atoms with E-state index in [2.05, 4.69) is 20.2 Å². The van der Waals surface area contributed by atoms with Gasteiger partial charge in [0.15, 0.2) is 0 Å². The number of aliphatic hydroxyl groups is 2. The molecule has 1 amide bonds. The van der Waals surface area contributed by atoms with Crippen molar-refractivity contribution < 1.29 is 24.1 Å². The minimum atomic E-state index is -0.874. The van der Waals surface area contributed by atoms with E-state index in [1.807, 2.05) is 0 Å². The van der Waals surface area contributed by atoms with E-state index in [1.54, 1.807) is 12.1 Å². The Morgan fingerprint density at radius 3 is 2.79 bits per heavy atom. The summed E-state index contributed by atoms with van der Waals surface area (Å²) >= 11 is 0. The summed E-state index contributed by atoms with van der Waals surface area (Å²) in [5, 5.41) is 23.8. The largest absolute Gasteiger partial charge is 0.487 e. The number of H-pyrrole nitrogens is 1. The molecule has 9 heteroatoms. The van der Waals surface area contributed by atoms with Crippen LogP contribution in [0.3, 0.4) is 0 Å². The van der Waals surface area contributed by atoms with E-state index in [9.17, 15) is 19.4 Å². The fourth-order valence-electron chi connectivity index (χ4n) is 4.24. The lowest BCUT2D eigenvalue weighted by atomic mass is 10.0. The average Bonchev–Trinajstić information content (AvgIpc) is 3.32. The minimum Gasteiger partial charge on any atom is -0.487 e. The number of carbonyl (C=O) groups excluding carboxylic acids is 1. The molecule has 0 unspecified atom stereocenters. The van der Waals surface area contributed by atoms with Crippen LogP contribution in [0.15, 0.2) is 36.8 Å². The van der Waals surface area contributed by atoms with Crippen LogP contribution in [0.4, 0.5) is 4.39 Å². The van der Waals surface area contributed by atoms with E-state index in [0.29, 0.717) is 43.8 Å². The van der Waals surface area contributed by atoms with Gasteiger partial charge in [0.05, 0.1) is 30.7 Å². The normalized spacial score (nSPS) is 28.4. The molecule has 156 valence electrons. The molecule has 2 heterocycles. The molecule has 1 saturated heterocycles. The van der Waals surface area contributed by atoms with Crippen molar-refractivity contribution in [1.29, 1.82) is 0 Å². The summed E-state index contributed by atoms with van der Waals surface area (Å²) in [6.45, 7) is 1.23. The van der Waals surface area contributed by atoms with Crippen LogP contribution in [-0.4, -0.2) is 74.5 Å². The molecule has 4 N–H and O–H groups in total. The number of likely N-dealkylation sites (tertiary alicyclic amines) is 1. The van der Waals surface area contributed by atoms with Crippen LogP contribution < -0.4 is 10.1 Å². The van der Waals surface area contributed by atoms with E-state index in [0.717, 1.165) is 0 Å². The summed E-state index contributed by atoms with van der Waals surface area (Å²) < 4.78 is 19.4. The van der Waals surface area contributed by atoms with Crippen LogP contribution >= 0.6 is 0 Å². The Kier molecular flexibility index (Phi) is 5.79. The van der Waals surface area contributed by atoms with Gasteiger partial charge < -0.3 is 25.3 Å². The number of hydrogen-bond acceptors (Lipinski definition) is 6. The fraction of sp³-hybridized carbons (Fsp3) is 0.500. The summed E-state index contributed by atoms with van der Waals surface area (Å²) in [6, 6.07) is 5.05. The van der Waals surface area contributed by atoms with Gasteiger partial charge in [0.2, 0.25) is 0 Å². The highest BCUT2D eigenvalue weighted by molar-refractivity contribution is 5.92. The van der Waals surface area contributed by atoms with Gasteiger partial charge in [0.1, 0.15) is 29.5 Å². The molecule has 2 fully saturated rings. The van der Waals surface area contributed by atoms with E-state index >= 15 is 0 Å². The molecule has 1 aromatic heterocycles. The first kappa shape index (κ1) is 19.8. The topological polar surface area (TPSA) is 111 Å². The first-order chi connectivity index (χ1) is 14.0. The number of aliphatic hydroxyl groups excluding tert-OH is 2. The SMILES string of the molecule is O=C(N[C@@H]1C[C@@H](Oc2cccc(F)c2)[C@H](O)[C@H]1N1CCC(O)CC1)c1cnc[nH]1. The minimum absolute atomic E-state index is 0.312. The number of benzene rings is 1. The third-order valence-electron chi connectivity index (χ3n) is 5.69. The number of ether oxygens (including phenoxy) is 1. The van der Waals surface area contributed by atoms with Crippen molar-refractivity contribution in [2.24, 2.45) is 0 Å². The average molecular weight is 404 g/mol. The van der Waals surface area contributed by atoms with Crippen molar-refractivity contribution in [3.63, 3.8) is 0 Å². The number of nitrogens with one attached hydrogen (secondary N) is 2. The molecule has 2 aromatic rings. The quantitative estimate of drug-likeness (QED) is 0.584. The highest BCUT2D eigenvalue weighted by atomic mass is 19.1. The Bertz CT molecular complexity index is 826. The van der Waals surface area contributed by atoms with Gasteiger partial charge in [-0.3, -0.25) is 9.69 Å². The van der Waals surface area contributed by atoms with Gasteiger partial charge in [-0.2, -0.15) is 0 Å². The predicted octanol–water partition coefficient (Wildman–Crippen LogP) is 0.685. The molecule has 1 aliphatic heterocycles. The maximum absolute atomic E-state index is 13.5. The molecule has 1 aliphatic carbocycles. The van der Waals surface area contributed by atoms with Crippen LogP contribution in [0, 0.1) is 5.82 Å². The molecule has 4 atom stereocenters. The number of hydrogen-bond donors (Lipinski definition) is 4. The maximum atomic E-state index is 13.5. The van der Waals surface area contributed by atoms with Crippen molar-refractivity contribution in [2.45, 2.75) is 49.7 Å². The molecule has 29 heavy (non-hydrogen) atoms. The van der Waals surface area contributed by atoms with Crippen molar-refractivity contribution in [1.82, 2.24) is 20.2 Å². The van der Waals surface area contributed by atoms with E-state index < -0.39 is 18.0 Å². The lowest BCUT2D eigenvalue weighted by molar-refractivity contribution is -0.0145. The van der Waals surface area contributed by atoms with Gasteiger partial charge in [-0.05, 0) is 25.0 Å². The number of rotatable bonds is 5. The number of imidazole rings is 1. The molecule has 1 aromatic carbocycles. The van der Waals surface area contributed by atoms with Gasteiger partial charge >= 0.3 is 0 Å². The first-order valence-corrected chi connectivity index (χ1v) is 9.83. The second-order valence-electron chi connectivity index (χ2n) is 7.64. The Labute approximate surface area is 167 Å². The second kappa shape index (κ2) is 8.48. The highest BCUT2D eigenvalue weighted by Gasteiger charge is 2.48. The third kappa shape index (κ3) is 4.42. The molecule has 1 saturated carbocycles. The Morgan fingerprint density at radius 2 is 2.10 bits per heavy atom. The van der Waals surface area contributed by atoms with Crippen molar-refractivity contribution >= 4 is 5.91 Å². The van der Waals surface area contributed by atoms with Crippen LogP contribution in [0.5, 0.6) is 5.75 Å². The number of aromatic nitrogens is 2. The number of halogens is 1.